The first-order chi connectivity index (χ1) is 17.4. The lowest BCUT2D eigenvalue weighted by molar-refractivity contribution is -0.258. The number of benzene rings is 3. The van der Waals surface area contributed by atoms with Gasteiger partial charge in [-0.05, 0) is 37.5 Å². The van der Waals surface area contributed by atoms with E-state index in [1.165, 1.54) is 0 Å². The van der Waals surface area contributed by atoms with Crippen molar-refractivity contribution >= 4 is 0 Å². The molecule has 2 saturated heterocycles. The van der Waals surface area contributed by atoms with Gasteiger partial charge in [0.2, 0.25) is 0 Å². The van der Waals surface area contributed by atoms with Crippen LogP contribution in [0.3, 0.4) is 0 Å². The van der Waals surface area contributed by atoms with Gasteiger partial charge < -0.3 is 23.7 Å². The highest BCUT2D eigenvalue weighted by Gasteiger charge is 2.64. The minimum atomic E-state index is -0.849. The predicted octanol–water partition coefficient (Wildman–Crippen LogP) is 5.83. The molecule has 1 unspecified atom stereocenters. The Balaban J connectivity index is 1.54. The maximum atomic E-state index is 7.01. The molecule has 2 heterocycles. The number of hydrogen-bond donors (Lipinski definition) is 0. The smallest absolute Gasteiger partial charge is 0.190 e. The van der Waals surface area contributed by atoms with E-state index in [-0.39, 0.29) is 12.7 Å². The maximum Gasteiger partial charge on any atom is 0.190 e. The number of hydrogen-bond acceptors (Lipinski definition) is 5. The average molecular weight is 487 g/mol. The summed E-state index contributed by atoms with van der Waals surface area (Å²) in [6.07, 6.45) is 0.345. The first-order valence-corrected chi connectivity index (χ1v) is 12.5. The first kappa shape index (κ1) is 24.9. The lowest BCUT2D eigenvalue weighted by Gasteiger charge is -2.37. The van der Waals surface area contributed by atoms with E-state index in [2.05, 4.69) is 43.0 Å². The molecular weight excluding hydrogens is 452 g/mol. The third-order valence-electron chi connectivity index (χ3n) is 6.92. The summed E-state index contributed by atoms with van der Waals surface area (Å²) in [5.74, 6) is -0.757. The van der Waals surface area contributed by atoms with Gasteiger partial charge in [-0.15, -0.1) is 6.58 Å². The summed E-state index contributed by atoms with van der Waals surface area (Å²) in [6.45, 7) is 10.2. The summed E-state index contributed by atoms with van der Waals surface area (Å²) in [5, 5.41) is 0. The lowest BCUT2D eigenvalue weighted by Crippen LogP contribution is -2.45. The highest BCUT2D eigenvalue weighted by molar-refractivity contribution is 5.47. The Labute approximate surface area is 213 Å². The van der Waals surface area contributed by atoms with Gasteiger partial charge in [-0.3, -0.25) is 0 Å². The predicted molar refractivity (Wildman–Crippen MR) is 138 cm³/mol. The Hall–Kier alpha value is -2.80. The molecular formula is C31H34O5. The minimum absolute atomic E-state index is 0.270. The van der Waals surface area contributed by atoms with Crippen LogP contribution in [0.4, 0.5) is 0 Å². The van der Waals surface area contributed by atoms with Crippen LogP contribution < -0.4 is 0 Å². The van der Waals surface area contributed by atoms with E-state index < -0.39 is 29.4 Å². The molecule has 4 atom stereocenters. The van der Waals surface area contributed by atoms with E-state index in [9.17, 15) is 0 Å². The van der Waals surface area contributed by atoms with Gasteiger partial charge in [0.05, 0.1) is 13.2 Å². The SMILES string of the molecule is C=CCOC1O[C@H](COC(c2ccccc2)(c2ccccc2)c2ccccc2)[C@H]2OC(C)(C)O[C@@]12C. The Morgan fingerprint density at radius 2 is 1.33 bits per heavy atom. The molecule has 0 radical (unpaired) electrons. The Morgan fingerprint density at radius 1 is 0.833 bits per heavy atom. The average Bonchev–Trinajstić information content (AvgIpc) is 3.30. The van der Waals surface area contributed by atoms with Crippen molar-refractivity contribution in [2.24, 2.45) is 0 Å². The molecule has 0 bridgehead atoms. The van der Waals surface area contributed by atoms with Crippen molar-refractivity contribution in [3.8, 4) is 0 Å². The van der Waals surface area contributed by atoms with Crippen LogP contribution in [-0.4, -0.2) is 43.1 Å². The fourth-order valence-electron chi connectivity index (χ4n) is 5.49. The zero-order valence-corrected chi connectivity index (χ0v) is 21.1. The van der Waals surface area contributed by atoms with Crippen LogP contribution in [0.25, 0.3) is 0 Å². The number of ether oxygens (including phenoxy) is 5. The second-order valence-corrected chi connectivity index (χ2v) is 9.94. The largest absolute Gasteiger partial charge is 0.358 e. The Kier molecular flexibility index (Phi) is 6.86. The van der Waals surface area contributed by atoms with E-state index in [0.29, 0.717) is 6.61 Å². The van der Waals surface area contributed by atoms with Crippen LogP contribution in [0.1, 0.15) is 37.5 Å². The minimum Gasteiger partial charge on any atom is -0.358 e. The van der Waals surface area contributed by atoms with Gasteiger partial charge in [0.25, 0.3) is 0 Å². The van der Waals surface area contributed by atoms with E-state index in [1.807, 2.05) is 75.4 Å². The molecule has 0 aliphatic carbocycles. The van der Waals surface area contributed by atoms with Gasteiger partial charge in [0, 0.05) is 0 Å². The van der Waals surface area contributed by atoms with Crippen molar-refractivity contribution in [3.05, 3.63) is 120 Å². The molecule has 2 aliphatic rings. The van der Waals surface area contributed by atoms with Crippen molar-refractivity contribution < 1.29 is 23.7 Å². The summed E-state index contributed by atoms with van der Waals surface area (Å²) in [7, 11) is 0. The molecule has 0 spiro atoms. The molecule has 2 fully saturated rings. The van der Waals surface area contributed by atoms with Crippen molar-refractivity contribution in [3.63, 3.8) is 0 Å². The van der Waals surface area contributed by atoms with Gasteiger partial charge in [0.1, 0.15) is 23.4 Å². The van der Waals surface area contributed by atoms with E-state index >= 15 is 0 Å². The summed E-state index contributed by atoms with van der Waals surface area (Å²) >= 11 is 0. The van der Waals surface area contributed by atoms with Gasteiger partial charge in [-0.1, -0.05) is 97.1 Å². The van der Waals surface area contributed by atoms with Gasteiger partial charge >= 0.3 is 0 Å². The molecule has 0 saturated carbocycles. The van der Waals surface area contributed by atoms with Crippen molar-refractivity contribution in [2.45, 2.75) is 56.3 Å². The molecule has 3 aromatic carbocycles. The monoisotopic (exact) mass is 486 g/mol. The summed E-state index contributed by atoms with van der Waals surface area (Å²) in [6, 6.07) is 30.9. The van der Waals surface area contributed by atoms with Crippen molar-refractivity contribution in [1.82, 2.24) is 0 Å². The molecule has 0 N–H and O–H groups in total. The van der Waals surface area contributed by atoms with Crippen LogP contribution in [0, 0.1) is 0 Å². The fourth-order valence-corrected chi connectivity index (χ4v) is 5.49. The van der Waals surface area contributed by atoms with E-state index in [4.69, 9.17) is 23.7 Å². The molecule has 2 aliphatic heterocycles. The second-order valence-electron chi connectivity index (χ2n) is 9.94. The fraction of sp³-hybridized carbons (Fsp3) is 0.355. The summed E-state index contributed by atoms with van der Waals surface area (Å²) < 4.78 is 32.0. The lowest BCUT2D eigenvalue weighted by atomic mass is 9.80. The van der Waals surface area contributed by atoms with Gasteiger partial charge in [-0.25, -0.2) is 0 Å². The molecule has 0 amide bonds. The van der Waals surface area contributed by atoms with Crippen LogP contribution in [0.2, 0.25) is 0 Å². The maximum absolute atomic E-state index is 7.01. The Morgan fingerprint density at radius 3 is 1.81 bits per heavy atom. The third-order valence-corrected chi connectivity index (χ3v) is 6.92. The van der Waals surface area contributed by atoms with Crippen LogP contribution in [0.5, 0.6) is 0 Å². The zero-order chi connectivity index (χ0) is 25.2. The summed E-state index contributed by atoms with van der Waals surface area (Å²) in [4.78, 5) is 0. The summed E-state index contributed by atoms with van der Waals surface area (Å²) in [5.41, 5.74) is 1.48. The van der Waals surface area contributed by atoms with Crippen LogP contribution in [-0.2, 0) is 29.3 Å². The van der Waals surface area contributed by atoms with Crippen molar-refractivity contribution in [2.75, 3.05) is 13.2 Å². The molecule has 5 heteroatoms. The molecule has 3 aromatic rings. The standard InChI is InChI=1S/C31H34O5/c1-5-21-32-28-30(4)27(35-29(2,3)36-30)26(34-28)22-33-31(23-15-9-6-10-16-23,24-17-11-7-12-18-24)25-19-13-8-14-20-25/h5-20,26-28H,1,21-22H2,2-4H3/t26-,27-,28?,30-/m1/s1. The second kappa shape index (κ2) is 9.92. The number of fused-ring (bicyclic) bond motifs is 1. The molecule has 188 valence electrons. The van der Waals surface area contributed by atoms with E-state index in [0.717, 1.165) is 16.7 Å². The van der Waals surface area contributed by atoms with E-state index in [1.54, 1.807) is 6.08 Å². The molecule has 5 rings (SSSR count). The van der Waals surface area contributed by atoms with Gasteiger partial charge in [-0.2, -0.15) is 0 Å². The highest BCUT2D eigenvalue weighted by Crippen LogP contribution is 2.48. The molecule has 5 nitrogen and oxygen atoms in total. The third kappa shape index (κ3) is 4.42. The normalized spacial score (nSPS) is 27.0. The van der Waals surface area contributed by atoms with Gasteiger partial charge in [0.15, 0.2) is 12.1 Å². The first-order valence-electron chi connectivity index (χ1n) is 12.5. The molecule has 0 aromatic heterocycles. The quantitative estimate of drug-likeness (QED) is 0.281. The van der Waals surface area contributed by atoms with Crippen LogP contribution >= 0.6 is 0 Å². The number of rotatable bonds is 9. The molecule has 36 heavy (non-hydrogen) atoms. The topological polar surface area (TPSA) is 46.2 Å². The van der Waals surface area contributed by atoms with Crippen molar-refractivity contribution in [1.29, 1.82) is 0 Å². The highest BCUT2D eigenvalue weighted by atomic mass is 16.8. The Bertz CT molecular complexity index is 1050. The van der Waals surface area contributed by atoms with Crippen LogP contribution in [0.15, 0.2) is 104 Å². The zero-order valence-electron chi connectivity index (χ0n) is 21.1.